The van der Waals surface area contributed by atoms with Gasteiger partial charge in [-0.2, -0.15) is 13.2 Å². The van der Waals surface area contributed by atoms with E-state index in [0.717, 1.165) is 18.2 Å². The minimum absolute atomic E-state index is 0.0215. The van der Waals surface area contributed by atoms with Gasteiger partial charge < -0.3 is 4.74 Å². The molecule has 0 saturated heterocycles. The summed E-state index contributed by atoms with van der Waals surface area (Å²) >= 11 is 0. The maximum atomic E-state index is 13.5. The van der Waals surface area contributed by atoms with E-state index in [1.54, 1.807) is 0 Å². The zero-order valence-corrected chi connectivity index (χ0v) is 12.0. The molecule has 23 heavy (non-hydrogen) atoms. The molecular formula is C17H12F4O2. The first-order valence-corrected chi connectivity index (χ1v) is 6.54. The van der Waals surface area contributed by atoms with Crippen LogP contribution in [0.4, 0.5) is 17.6 Å². The maximum absolute atomic E-state index is 13.5. The van der Waals surface area contributed by atoms with Gasteiger partial charge >= 0.3 is 6.18 Å². The molecule has 120 valence electrons. The Morgan fingerprint density at radius 1 is 1.09 bits per heavy atom. The van der Waals surface area contributed by atoms with Crippen molar-refractivity contribution in [1.29, 1.82) is 0 Å². The van der Waals surface area contributed by atoms with Gasteiger partial charge in [-0.3, -0.25) is 4.79 Å². The van der Waals surface area contributed by atoms with Gasteiger partial charge in [0.05, 0.1) is 12.7 Å². The third kappa shape index (κ3) is 4.18. The Morgan fingerprint density at radius 3 is 2.26 bits per heavy atom. The SMILES string of the molecule is COc1ccc(C(=O)C=Cc2ccc(C(F)(F)F)cc2)cc1F. The molecule has 2 nitrogen and oxygen atoms in total. The van der Waals surface area contributed by atoms with Crippen molar-refractivity contribution in [3.05, 3.63) is 71.0 Å². The molecule has 2 aromatic rings. The van der Waals surface area contributed by atoms with E-state index in [2.05, 4.69) is 0 Å². The van der Waals surface area contributed by atoms with Gasteiger partial charge in [-0.1, -0.05) is 18.2 Å². The van der Waals surface area contributed by atoms with Crippen molar-refractivity contribution in [2.24, 2.45) is 0 Å². The normalized spacial score (nSPS) is 11.7. The van der Waals surface area contributed by atoms with E-state index < -0.39 is 23.3 Å². The fraction of sp³-hybridized carbons (Fsp3) is 0.118. The molecule has 0 spiro atoms. The first-order chi connectivity index (χ1) is 10.8. The van der Waals surface area contributed by atoms with Crippen molar-refractivity contribution in [2.45, 2.75) is 6.18 Å². The Bertz CT molecular complexity index is 731. The van der Waals surface area contributed by atoms with E-state index in [4.69, 9.17) is 4.74 Å². The molecule has 0 amide bonds. The number of benzene rings is 2. The van der Waals surface area contributed by atoms with Gasteiger partial charge in [0.1, 0.15) is 0 Å². The van der Waals surface area contributed by atoms with Crippen LogP contribution in [0.15, 0.2) is 48.5 Å². The summed E-state index contributed by atoms with van der Waals surface area (Å²) in [7, 11) is 1.31. The summed E-state index contributed by atoms with van der Waals surface area (Å²) < 4.78 is 55.6. The monoisotopic (exact) mass is 324 g/mol. The van der Waals surface area contributed by atoms with Crippen LogP contribution < -0.4 is 4.74 Å². The van der Waals surface area contributed by atoms with E-state index in [9.17, 15) is 22.4 Å². The van der Waals surface area contributed by atoms with Crippen LogP contribution in [0, 0.1) is 5.82 Å². The Balaban J connectivity index is 2.13. The molecule has 0 aromatic heterocycles. The Hall–Kier alpha value is -2.63. The summed E-state index contributed by atoms with van der Waals surface area (Å²) in [5, 5.41) is 0. The predicted molar refractivity (Wildman–Crippen MR) is 77.8 cm³/mol. The summed E-state index contributed by atoms with van der Waals surface area (Å²) in [6, 6.07) is 8.13. The number of allylic oxidation sites excluding steroid dienone is 1. The highest BCUT2D eigenvalue weighted by Crippen LogP contribution is 2.29. The van der Waals surface area contributed by atoms with Crippen LogP contribution in [0.2, 0.25) is 0 Å². The van der Waals surface area contributed by atoms with Crippen molar-refractivity contribution in [2.75, 3.05) is 7.11 Å². The topological polar surface area (TPSA) is 26.3 Å². The highest BCUT2D eigenvalue weighted by Gasteiger charge is 2.29. The van der Waals surface area contributed by atoms with Crippen LogP contribution in [0.1, 0.15) is 21.5 Å². The summed E-state index contributed by atoms with van der Waals surface area (Å²) in [4.78, 5) is 11.9. The summed E-state index contributed by atoms with van der Waals surface area (Å²) in [5.41, 5.74) is -0.218. The third-order valence-corrected chi connectivity index (χ3v) is 3.10. The largest absolute Gasteiger partial charge is 0.494 e. The number of carbonyl (C=O) groups excluding carboxylic acids is 1. The molecule has 2 rings (SSSR count). The zero-order valence-electron chi connectivity index (χ0n) is 12.0. The second-order valence-corrected chi connectivity index (χ2v) is 4.67. The number of hydrogen-bond donors (Lipinski definition) is 0. The van der Waals surface area contributed by atoms with Crippen LogP contribution in [-0.4, -0.2) is 12.9 Å². The summed E-state index contributed by atoms with van der Waals surface area (Å²) in [5.74, 6) is -1.11. The van der Waals surface area contributed by atoms with E-state index >= 15 is 0 Å². The molecule has 0 atom stereocenters. The number of ether oxygens (including phenoxy) is 1. The highest BCUT2D eigenvalue weighted by molar-refractivity contribution is 6.06. The number of carbonyl (C=O) groups is 1. The van der Waals surface area contributed by atoms with Crippen LogP contribution in [0.25, 0.3) is 6.08 Å². The number of rotatable bonds is 4. The van der Waals surface area contributed by atoms with Crippen molar-refractivity contribution in [3.63, 3.8) is 0 Å². The standard InChI is InChI=1S/C17H12F4O2/c1-23-16-9-5-12(10-14(16)18)15(22)8-4-11-2-6-13(7-3-11)17(19,20)21/h2-10H,1H3. The van der Waals surface area contributed by atoms with Crippen molar-refractivity contribution >= 4 is 11.9 Å². The molecule has 0 aliphatic heterocycles. The van der Waals surface area contributed by atoms with Gasteiger partial charge in [-0.05, 0) is 42.0 Å². The third-order valence-electron chi connectivity index (χ3n) is 3.10. The van der Waals surface area contributed by atoms with Crippen molar-refractivity contribution < 1.29 is 27.1 Å². The lowest BCUT2D eigenvalue weighted by Gasteiger charge is -2.06. The van der Waals surface area contributed by atoms with E-state index in [1.807, 2.05) is 0 Å². The highest BCUT2D eigenvalue weighted by atomic mass is 19.4. The number of alkyl halides is 3. The molecule has 0 bridgehead atoms. The Kier molecular flexibility index (Phi) is 4.83. The fourth-order valence-electron chi connectivity index (χ4n) is 1.87. The average Bonchev–Trinajstić information content (AvgIpc) is 2.52. The average molecular weight is 324 g/mol. The molecular weight excluding hydrogens is 312 g/mol. The lowest BCUT2D eigenvalue weighted by molar-refractivity contribution is -0.137. The number of halogens is 4. The molecule has 0 aliphatic rings. The minimum atomic E-state index is -4.40. The molecule has 0 heterocycles. The fourth-order valence-corrected chi connectivity index (χ4v) is 1.87. The maximum Gasteiger partial charge on any atom is 0.416 e. The van der Waals surface area contributed by atoms with Gasteiger partial charge in [-0.15, -0.1) is 0 Å². The van der Waals surface area contributed by atoms with Crippen LogP contribution in [-0.2, 0) is 6.18 Å². The lowest BCUT2D eigenvalue weighted by Crippen LogP contribution is -2.04. The lowest BCUT2D eigenvalue weighted by atomic mass is 10.1. The molecule has 0 N–H and O–H groups in total. The van der Waals surface area contributed by atoms with Gasteiger partial charge in [0.25, 0.3) is 0 Å². The first kappa shape index (κ1) is 16.7. The summed E-state index contributed by atoms with van der Waals surface area (Å²) in [6.45, 7) is 0. The molecule has 0 aliphatic carbocycles. The second kappa shape index (κ2) is 6.64. The molecule has 6 heteroatoms. The minimum Gasteiger partial charge on any atom is -0.494 e. The number of hydrogen-bond acceptors (Lipinski definition) is 2. The van der Waals surface area contributed by atoms with Gasteiger partial charge in [0.15, 0.2) is 17.3 Å². The summed E-state index contributed by atoms with van der Waals surface area (Å²) in [6.07, 6.45) is -1.87. The van der Waals surface area contributed by atoms with E-state index in [1.165, 1.54) is 43.5 Å². The molecule has 0 radical (unpaired) electrons. The van der Waals surface area contributed by atoms with Gasteiger partial charge in [-0.25, -0.2) is 4.39 Å². The zero-order chi connectivity index (χ0) is 17.0. The van der Waals surface area contributed by atoms with Crippen LogP contribution in [0.5, 0.6) is 5.75 Å². The van der Waals surface area contributed by atoms with Crippen molar-refractivity contribution in [1.82, 2.24) is 0 Å². The van der Waals surface area contributed by atoms with E-state index in [-0.39, 0.29) is 11.3 Å². The number of ketones is 1. The van der Waals surface area contributed by atoms with Gasteiger partial charge in [0, 0.05) is 5.56 Å². The van der Waals surface area contributed by atoms with Crippen LogP contribution >= 0.6 is 0 Å². The van der Waals surface area contributed by atoms with E-state index in [0.29, 0.717) is 5.56 Å². The van der Waals surface area contributed by atoms with Crippen LogP contribution in [0.3, 0.4) is 0 Å². The molecule has 0 saturated carbocycles. The predicted octanol–water partition coefficient (Wildman–Crippen LogP) is 4.75. The molecule has 2 aromatic carbocycles. The van der Waals surface area contributed by atoms with Gasteiger partial charge in [0.2, 0.25) is 0 Å². The second-order valence-electron chi connectivity index (χ2n) is 4.67. The van der Waals surface area contributed by atoms with Crippen molar-refractivity contribution in [3.8, 4) is 5.75 Å². The number of methoxy groups -OCH3 is 1. The molecule has 0 fully saturated rings. The quantitative estimate of drug-likeness (QED) is 0.461. The first-order valence-electron chi connectivity index (χ1n) is 6.54. The Labute approximate surface area is 130 Å². The Morgan fingerprint density at radius 2 is 1.74 bits per heavy atom. The molecule has 0 unspecified atom stereocenters. The smallest absolute Gasteiger partial charge is 0.416 e.